The van der Waals surface area contributed by atoms with Crippen molar-refractivity contribution in [3.8, 4) is 11.8 Å². The fourth-order valence-electron chi connectivity index (χ4n) is 4.38. The van der Waals surface area contributed by atoms with Gasteiger partial charge in [0.05, 0.1) is 29.8 Å². The molecule has 5 rings (SSSR count). The summed E-state index contributed by atoms with van der Waals surface area (Å²) in [4.78, 5) is 22.0. The molecular weight excluding hydrogens is 406 g/mol. The van der Waals surface area contributed by atoms with Crippen LogP contribution in [0.5, 0.6) is 5.75 Å². The maximum Gasteiger partial charge on any atom is 0.259 e. The van der Waals surface area contributed by atoms with E-state index in [1.165, 1.54) is 0 Å². The summed E-state index contributed by atoms with van der Waals surface area (Å²) in [5.74, 6) is 1.15. The number of piperazine rings is 1. The number of rotatable bonds is 5. The molecule has 3 heterocycles. The van der Waals surface area contributed by atoms with E-state index in [2.05, 4.69) is 21.1 Å². The van der Waals surface area contributed by atoms with Gasteiger partial charge in [0.25, 0.3) is 11.6 Å². The minimum absolute atomic E-state index is 0.0248. The zero-order valence-corrected chi connectivity index (χ0v) is 18.2. The average molecular weight is 431 g/mol. The lowest BCUT2D eigenvalue weighted by molar-refractivity contribution is 0.0608. The SMILES string of the molecule is COc1ccc(C(C#N)N2CCN(C(=O)c3cc(C4CC4)nc4onc(C)c34)CC2)cc1. The lowest BCUT2D eigenvalue weighted by atomic mass is 10.0. The van der Waals surface area contributed by atoms with Crippen LogP contribution in [0, 0.1) is 18.3 Å². The predicted octanol–water partition coefficient (Wildman–Crippen LogP) is 3.44. The van der Waals surface area contributed by atoms with E-state index >= 15 is 0 Å². The zero-order valence-electron chi connectivity index (χ0n) is 18.2. The van der Waals surface area contributed by atoms with Crippen LogP contribution < -0.4 is 4.74 Å². The Bertz CT molecular complexity index is 1180. The van der Waals surface area contributed by atoms with Crippen LogP contribution in [0.15, 0.2) is 34.9 Å². The topological polar surface area (TPSA) is 95.5 Å². The van der Waals surface area contributed by atoms with Crippen molar-refractivity contribution in [1.29, 1.82) is 5.26 Å². The number of benzene rings is 1. The van der Waals surface area contributed by atoms with Crippen molar-refractivity contribution >= 4 is 17.0 Å². The van der Waals surface area contributed by atoms with E-state index in [4.69, 9.17) is 9.26 Å². The Morgan fingerprint density at radius 3 is 2.56 bits per heavy atom. The highest BCUT2D eigenvalue weighted by molar-refractivity contribution is 6.06. The van der Waals surface area contributed by atoms with Gasteiger partial charge in [-0.1, -0.05) is 17.3 Å². The molecule has 1 aliphatic heterocycles. The van der Waals surface area contributed by atoms with Crippen molar-refractivity contribution in [2.45, 2.75) is 31.7 Å². The zero-order chi connectivity index (χ0) is 22.2. The van der Waals surface area contributed by atoms with E-state index < -0.39 is 0 Å². The number of hydrogen-bond donors (Lipinski definition) is 0. The number of aromatic nitrogens is 2. The monoisotopic (exact) mass is 431 g/mol. The van der Waals surface area contributed by atoms with Gasteiger partial charge in [-0.15, -0.1) is 0 Å². The van der Waals surface area contributed by atoms with Gasteiger partial charge < -0.3 is 14.2 Å². The maximum absolute atomic E-state index is 13.5. The highest BCUT2D eigenvalue weighted by atomic mass is 16.5. The molecule has 1 aliphatic carbocycles. The Morgan fingerprint density at radius 2 is 1.94 bits per heavy atom. The molecule has 2 aromatic heterocycles. The fraction of sp³-hybridized carbons (Fsp3) is 0.417. The molecule has 0 N–H and O–H groups in total. The number of nitrogens with zero attached hydrogens (tertiary/aromatic N) is 5. The van der Waals surface area contributed by atoms with E-state index in [1.54, 1.807) is 7.11 Å². The Balaban J connectivity index is 1.33. The van der Waals surface area contributed by atoms with E-state index in [0.29, 0.717) is 54.5 Å². The number of carbonyl (C=O) groups is 1. The molecule has 1 unspecified atom stereocenters. The average Bonchev–Trinajstić information content (AvgIpc) is 3.62. The number of methoxy groups -OCH3 is 1. The molecule has 1 saturated carbocycles. The van der Waals surface area contributed by atoms with Crippen LogP contribution in [0.25, 0.3) is 11.1 Å². The molecule has 1 saturated heterocycles. The first-order chi connectivity index (χ1) is 15.6. The molecule has 3 aromatic rings. The molecule has 0 bridgehead atoms. The second-order valence-corrected chi connectivity index (χ2v) is 8.45. The van der Waals surface area contributed by atoms with E-state index in [0.717, 1.165) is 29.8 Å². The van der Waals surface area contributed by atoms with Gasteiger partial charge in [0.1, 0.15) is 11.8 Å². The standard InChI is InChI=1S/C24H25N5O3/c1-15-22-19(13-20(16-3-4-16)26-23(22)32-27-15)24(30)29-11-9-28(10-12-29)21(14-25)17-5-7-18(31-2)8-6-17/h5-8,13,16,21H,3-4,9-12H2,1-2H3. The van der Waals surface area contributed by atoms with Crippen molar-refractivity contribution in [2.75, 3.05) is 33.3 Å². The van der Waals surface area contributed by atoms with Crippen LogP contribution in [0.4, 0.5) is 0 Å². The Kier molecular flexibility index (Phi) is 5.27. The minimum atomic E-state index is -0.354. The molecule has 2 aliphatic rings. The van der Waals surface area contributed by atoms with Crippen LogP contribution in [-0.4, -0.2) is 59.1 Å². The first-order valence-corrected chi connectivity index (χ1v) is 10.9. The van der Waals surface area contributed by atoms with Gasteiger partial charge in [-0.25, -0.2) is 4.98 Å². The Morgan fingerprint density at radius 1 is 1.22 bits per heavy atom. The van der Waals surface area contributed by atoms with E-state index in [9.17, 15) is 10.1 Å². The molecule has 2 fully saturated rings. The molecule has 0 radical (unpaired) electrons. The van der Waals surface area contributed by atoms with E-state index in [1.807, 2.05) is 42.2 Å². The van der Waals surface area contributed by atoms with Crippen molar-refractivity contribution in [3.63, 3.8) is 0 Å². The smallest absolute Gasteiger partial charge is 0.259 e. The van der Waals surface area contributed by atoms with Gasteiger partial charge in [0.15, 0.2) is 0 Å². The van der Waals surface area contributed by atoms with Gasteiger partial charge in [0, 0.05) is 37.8 Å². The van der Waals surface area contributed by atoms with Gasteiger partial charge in [-0.05, 0) is 43.5 Å². The number of fused-ring (bicyclic) bond motifs is 1. The van der Waals surface area contributed by atoms with Crippen LogP contribution in [-0.2, 0) is 0 Å². The molecule has 1 atom stereocenters. The second-order valence-electron chi connectivity index (χ2n) is 8.45. The number of pyridine rings is 1. The summed E-state index contributed by atoms with van der Waals surface area (Å²) in [6.07, 6.45) is 2.19. The van der Waals surface area contributed by atoms with Crippen molar-refractivity contribution in [2.24, 2.45) is 0 Å². The largest absolute Gasteiger partial charge is 0.497 e. The molecule has 1 amide bonds. The van der Waals surface area contributed by atoms with Gasteiger partial charge in [-0.2, -0.15) is 5.26 Å². The summed E-state index contributed by atoms with van der Waals surface area (Å²) in [6.45, 7) is 4.20. The number of aryl methyl sites for hydroxylation is 1. The van der Waals surface area contributed by atoms with Gasteiger partial charge in [-0.3, -0.25) is 9.69 Å². The fourth-order valence-corrected chi connectivity index (χ4v) is 4.38. The first-order valence-electron chi connectivity index (χ1n) is 10.9. The van der Waals surface area contributed by atoms with Crippen molar-refractivity contribution < 1.29 is 14.1 Å². The third kappa shape index (κ3) is 3.69. The Hall–Kier alpha value is -3.44. The molecule has 1 aromatic carbocycles. The normalized spacial score (nSPS) is 17.8. The molecule has 164 valence electrons. The van der Waals surface area contributed by atoms with Crippen molar-refractivity contribution in [1.82, 2.24) is 19.9 Å². The molecule has 32 heavy (non-hydrogen) atoms. The van der Waals surface area contributed by atoms with Gasteiger partial charge >= 0.3 is 0 Å². The number of ether oxygens (including phenoxy) is 1. The number of hydrogen-bond acceptors (Lipinski definition) is 7. The van der Waals surface area contributed by atoms with Crippen LogP contribution in [0.3, 0.4) is 0 Å². The van der Waals surface area contributed by atoms with E-state index in [-0.39, 0.29) is 11.9 Å². The Labute approximate surface area is 186 Å². The summed E-state index contributed by atoms with van der Waals surface area (Å²) in [5.41, 5.74) is 3.59. The summed E-state index contributed by atoms with van der Waals surface area (Å²) in [6, 6.07) is 11.6. The predicted molar refractivity (Wildman–Crippen MR) is 117 cm³/mol. The third-order valence-electron chi connectivity index (χ3n) is 6.38. The van der Waals surface area contributed by atoms with Crippen LogP contribution in [0.1, 0.15) is 52.1 Å². The lowest BCUT2D eigenvalue weighted by Crippen LogP contribution is -2.49. The minimum Gasteiger partial charge on any atom is -0.497 e. The van der Waals surface area contributed by atoms with Crippen LogP contribution >= 0.6 is 0 Å². The first kappa shape index (κ1) is 20.5. The maximum atomic E-state index is 13.5. The quantitative estimate of drug-likeness (QED) is 0.611. The lowest BCUT2D eigenvalue weighted by Gasteiger charge is -2.37. The highest BCUT2D eigenvalue weighted by Crippen LogP contribution is 2.40. The summed E-state index contributed by atoms with van der Waals surface area (Å²) in [5, 5.41) is 14.5. The summed E-state index contributed by atoms with van der Waals surface area (Å²) < 4.78 is 10.6. The van der Waals surface area contributed by atoms with Crippen molar-refractivity contribution in [3.05, 3.63) is 52.8 Å². The molecule has 0 spiro atoms. The summed E-state index contributed by atoms with van der Waals surface area (Å²) in [7, 11) is 1.62. The number of carbonyl (C=O) groups excluding carboxylic acids is 1. The second kappa shape index (κ2) is 8.24. The van der Waals surface area contributed by atoms with Gasteiger partial charge in [0.2, 0.25) is 0 Å². The number of amides is 1. The highest BCUT2D eigenvalue weighted by Gasteiger charge is 2.32. The number of nitriles is 1. The van der Waals surface area contributed by atoms with Crippen LogP contribution in [0.2, 0.25) is 0 Å². The third-order valence-corrected chi connectivity index (χ3v) is 6.38. The molecule has 8 nitrogen and oxygen atoms in total. The summed E-state index contributed by atoms with van der Waals surface area (Å²) >= 11 is 0. The molecular formula is C24H25N5O3. The molecule has 8 heteroatoms.